The SMILES string of the molecule is [C-]#[N+]c1ccc(-c2ccc(-c3cc(C#N)cc(-n4c5ccccc5c5ccccc54)c3)cc2-n2c3ccccc3c3ccccc32)cc1. The molecule has 0 aliphatic carbocycles. The second-order valence-electron chi connectivity index (χ2n) is 12.0. The van der Waals surface area contributed by atoms with Crippen LogP contribution in [0.3, 0.4) is 0 Å². The number of aromatic nitrogens is 2. The van der Waals surface area contributed by atoms with Gasteiger partial charge in [-0.25, -0.2) is 4.85 Å². The van der Waals surface area contributed by atoms with Gasteiger partial charge in [-0.05, 0) is 65.2 Å². The van der Waals surface area contributed by atoms with Crippen LogP contribution in [0.25, 0.3) is 82.1 Å². The van der Waals surface area contributed by atoms with Crippen molar-refractivity contribution in [2.75, 3.05) is 0 Å². The summed E-state index contributed by atoms with van der Waals surface area (Å²) in [6.45, 7) is 7.47. The van der Waals surface area contributed by atoms with Crippen molar-refractivity contribution in [1.29, 1.82) is 5.26 Å². The van der Waals surface area contributed by atoms with Crippen LogP contribution in [-0.2, 0) is 0 Å². The largest absolute Gasteiger partial charge is 0.309 e. The Kier molecular flexibility index (Phi) is 6.22. The van der Waals surface area contributed by atoms with Crippen molar-refractivity contribution in [3.05, 3.63) is 175 Å². The van der Waals surface area contributed by atoms with Crippen molar-refractivity contribution in [3.8, 4) is 39.7 Å². The molecule has 2 heterocycles. The first-order chi connectivity index (χ1) is 23.7. The summed E-state index contributed by atoms with van der Waals surface area (Å²) in [5.74, 6) is 0. The zero-order valence-electron chi connectivity index (χ0n) is 25.8. The van der Waals surface area contributed by atoms with E-state index in [4.69, 9.17) is 6.57 Å². The third kappa shape index (κ3) is 4.22. The van der Waals surface area contributed by atoms with E-state index < -0.39 is 0 Å². The maximum atomic E-state index is 10.3. The van der Waals surface area contributed by atoms with Gasteiger partial charge in [0.25, 0.3) is 0 Å². The highest BCUT2D eigenvalue weighted by molar-refractivity contribution is 6.10. The van der Waals surface area contributed by atoms with E-state index in [1.165, 1.54) is 21.5 Å². The summed E-state index contributed by atoms with van der Waals surface area (Å²) >= 11 is 0. The lowest BCUT2D eigenvalue weighted by Gasteiger charge is -2.17. The Balaban J connectivity index is 1.32. The van der Waals surface area contributed by atoms with Crippen molar-refractivity contribution in [3.63, 3.8) is 0 Å². The van der Waals surface area contributed by atoms with Gasteiger partial charge in [-0.2, -0.15) is 5.26 Å². The summed E-state index contributed by atoms with van der Waals surface area (Å²) in [5, 5.41) is 15.0. The van der Waals surface area contributed by atoms with Crippen molar-refractivity contribution in [2.45, 2.75) is 0 Å². The van der Waals surface area contributed by atoms with Crippen molar-refractivity contribution in [2.24, 2.45) is 0 Å². The predicted molar refractivity (Wildman–Crippen MR) is 197 cm³/mol. The normalized spacial score (nSPS) is 11.3. The quantitative estimate of drug-likeness (QED) is 0.183. The van der Waals surface area contributed by atoms with Crippen LogP contribution in [0.1, 0.15) is 5.56 Å². The van der Waals surface area contributed by atoms with Gasteiger partial charge in [0, 0.05) is 32.8 Å². The monoisotopic (exact) mass is 610 g/mol. The van der Waals surface area contributed by atoms with Crippen molar-refractivity contribution >= 4 is 49.3 Å². The van der Waals surface area contributed by atoms with E-state index in [1.807, 2.05) is 36.4 Å². The molecule has 9 aromatic rings. The highest BCUT2D eigenvalue weighted by atomic mass is 15.0. The second kappa shape index (κ2) is 10.9. The van der Waals surface area contributed by atoms with Crippen LogP contribution in [0.5, 0.6) is 0 Å². The summed E-state index contributed by atoms with van der Waals surface area (Å²) in [6.07, 6.45) is 0. The van der Waals surface area contributed by atoms with Crippen molar-refractivity contribution in [1.82, 2.24) is 9.13 Å². The highest BCUT2D eigenvalue weighted by Gasteiger charge is 2.18. The lowest BCUT2D eigenvalue weighted by atomic mass is 9.96. The molecular formula is C44H26N4. The fourth-order valence-corrected chi connectivity index (χ4v) is 7.21. The zero-order valence-corrected chi connectivity index (χ0v) is 25.8. The summed E-state index contributed by atoms with van der Waals surface area (Å²) in [7, 11) is 0. The molecule has 0 unspecified atom stereocenters. The Morgan fingerprint density at radius 3 is 1.50 bits per heavy atom. The van der Waals surface area contributed by atoms with Gasteiger partial charge in [0.15, 0.2) is 5.69 Å². The van der Waals surface area contributed by atoms with Gasteiger partial charge in [0.05, 0.1) is 46.0 Å². The van der Waals surface area contributed by atoms with Crippen LogP contribution in [-0.4, -0.2) is 9.13 Å². The fraction of sp³-hybridized carbons (Fsp3) is 0. The van der Waals surface area contributed by atoms with Gasteiger partial charge in [-0.15, -0.1) is 0 Å². The molecule has 0 radical (unpaired) electrons. The molecule has 0 saturated heterocycles. The minimum Gasteiger partial charge on any atom is -0.309 e. The fourth-order valence-electron chi connectivity index (χ4n) is 7.21. The first kappa shape index (κ1) is 27.4. The van der Waals surface area contributed by atoms with Crippen LogP contribution in [0, 0.1) is 17.9 Å². The van der Waals surface area contributed by atoms with Crippen LogP contribution < -0.4 is 0 Å². The molecule has 0 saturated carbocycles. The maximum absolute atomic E-state index is 10.3. The predicted octanol–water partition coefficient (Wildman–Crippen LogP) is 11.6. The molecule has 0 N–H and O–H groups in total. The Bertz CT molecular complexity index is 2690. The molecule has 48 heavy (non-hydrogen) atoms. The molecule has 0 aliphatic rings. The summed E-state index contributed by atoms with van der Waals surface area (Å²) in [4.78, 5) is 3.61. The van der Waals surface area contributed by atoms with Crippen LogP contribution in [0.4, 0.5) is 5.69 Å². The molecule has 0 spiro atoms. The molecule has 4 nitrogen and oxygen atoms in total. The number of rotatable bonds is 4. The average molecular weight is 611 g/mol. The van der Waals surface area contributed by atoms with Gasteiger partial charge in [-0.1, -0.05) is 109 Å². The third-order valence-corrected chi connectivity index (χ3v) is 9.34. The number of benzene rings is 7. The first-order valence-electron chi connectivity index (χ1n) is 15.9. The number of hydrogen-bond donors (Lipinski definition) is 0. The van der Waals surface area contributed by atoms with Gasteiger partial charge in [-0.3, -0.25) is 0 Å². The second-order valence-corrected chi connectivity index (χ2v) is 12.0. The molecule has 4 heteroatoms. The molecule has 0 fully saturated rings. The van der Waals surface area contributed by atoms with Gasteiger partial charge in [0.1, 0.15) is 0 Å². The number of nitriles is 1. The summed E-state index contributed by atoms with van der Waals surface area (Å²) in [6, 6.07) is 56.8. The Labute approximate surface area is 277 Å². The smallest absolute Gasteiger partial charge is 0.187 e. The van der Waals surface area contributed by atoms with Gasteiger partial charge in [0.2, 0.25) is 0 Å². The highest BCUT2D eigenvalue weighted by Crippen LogP contribution is 2.40. The molecule has 0 atom stereocenters. The standard InChI is InChI=1S/C44H26N4/c1-46-33-21-18-30(19-22-33)35-23-20-31(27-44(35)48-42-16-8-4-12-38(42)39-13-5-9-17-43(39)48)32-24-29(28-45)25-34(26-32)47-40-14-6-2-10-36(40)37-11-3-7-15-41(37)47/h2-27H. The minimum absolute atomic E-state index is 0.599. The minimum atomic E-state index is 0.599. The van der Waals surface area contributed by atoms with E-state index in [0.717, 1.165) is 55.7 Å². The lowest BCUT2D eigenvalue weighted by Crippen LogP contribution is -1.99. The van der Waals surface area contributed by atoms with Crippen LogP contribution >= 0.6 is 0 Å². The van der Waals surface area contributed by atoms with Crippen molar-refractivity contribution < 1.29 is 0 Å². The topological polar surface area (TPSA) is 38.0 Å². The molecular weight excluding hydrogens is 585 g/mol. The maximum Gasteiger partial charge on any atom is 0.187 e. The number of nitrogens with zero attached hydrogens (tertiary/aromatic N) is 4. The number of hydrogen-bond acceptors (Lipinski definition) is 1. The van der Waals surface area contributed by atoms with E-state index in [0.29, 0.717) is 11.3 Å². The molecule has 9 rings (SSSR count). The Morgan fingerprint density at radius 1 is 0.479 bits per heavy atom. The van der Waals surface area contributed by atoms with Crippen LogP contribution in [0.2, 0.25) is 0 Å². The van der Waals surface area contributed by atoms with E-state index >= 15 is 0 Å². The zero-order chi connectivity index (χ0) is 32.2. The van der Waals surface area contributed by atoms with Gasteiger partial charge >= 0.3 is 0 Å². The number of fused-ring (bicyclic) bond motifs is 6. The lowest BCUT2D eigenvalue weighted by molar-refractivity contribution is 1.17. The average Bonchev–Trinajstić information content (AvgIpc) is 3.67. The van der Waals surface area contributed by atoms with E-state index in [2.05, 4.69) is 141 Å². The summed E-state index contributed by atoms with van der Waals surface area (Å²) in [5.41, 5.74) is 11.7. The molecule has 7 aromatic carbocycles. The first-order valence-corrected chi connectivity index (χ1v) is 15.9. The van der Waals surface area contributed by atoms with E-state index in [-0.39, 0.29) is 0 Å². The van der Waals surface area contributed by atoms with E-state index in [1.54, 1.807) is 0 Å². The third-order valence-electron chi connectivity index (χ3n) is 9.34. The summed E-state index contributed by atoms with van der Waals surface area (Å²) < 4.78 is 4.60. The van der Waals surface area contributed by atoms with Crippen LogP contribution in [0.15, 0.2) is 158 Å². The molecule has 0 bridgehead atoms. The Morgan fingerprint density at radius 2 is 0.979 bits per heavy atom. The molecule has 0 aliphatic heterocycles. The van der Waals surface area contributed by atoms with E-state index in [9.17, 15) is 5.26 Å². The van der Waals surface area contributed by atoms with Gasteiger partial charge < -0.3 is 9.13 Å². The molecule has 222 valence electrons. The number of para-hydroxylation sites is 4. The molecule has 2 aromatic heterocycles. The molecule has 0 amide bonds. The Hall–Kier alpha value is -6.88.